The molecule has 1 aliphatic rings. The lowest BCUT2D eigenvalue weighted by Gasteiger charge is -2.22. The number of thioether (sulfide) groups is 1. The van der Waals surface area contributed by atoms with E-state index in [1.165, 1.54) is 54.8 Å². The van der Waals surface area contributed by atoms with Crippen molar-refractivity contribution in [2.75, 3.05) is 18.8 Å². The van der Waals surface area contributed by atoms with Crippen LogP contribution in [0.5, 0.6) is 0 Å². The molecule has 0 spiro atoms. The van der Waals surface area contributed by atoms with Gasteiger partial charge in [0, 0.05) is 5.25 Å². The minimum Gasteiger partial charge on any atom is -0.317 e. The number of aryl methyl sites for hydroxylation is 3. The third-order valence-electron chi connectivity index (χ3n) is 3.83. The Morgan fingerprint density at radius 2 is 1.72 bits per heavy atom. The van der Waals surface area contributed by atoms with Gasteiger partial charge in [-0.3, -0.25) is 0 Å². The Hall–Kier alpha value is -0.470. The van der Waals surface area contributed by atoms with Crippen molar-refractivity contribution in [3.05, 3.63) is 34.4 Å². The molecule has 1 aliphatic heterocycles. The summed E-state index contributed by atoms with van der Waals surface area (Å²) in [6.07, 6.45) is 3.92. The average Bonchev–Trinajstić information content (AvgIpc) is 2.34. The highest BCUT2D eigenvalue weighted by molar-refractivity contribution is 7.99. The van der Waals surface area contributed by atoms with Crippen LogP contribution in [-0.4, -0.2) is 24.1 Å². The largest absolute Gasteiger partial charge is 0.317 e. The Morgan fingerprint density at radius 3 is 2.33 bits per heavy atom. The van der Waals surface area contributed by atoms with Gasteiger partial charge in [-0.15, -0.1) is 0 Å². The summed E-state index contributed by atoms with van der Waals surface area (Å²) in [5.74, 6) is 1.27. The normalized spacial score (nSPS) is 17.1. The first kappa shape index (κ1) is 14.0. The van der Waals surface area contributed by atoms with Gasteiger partial charge in [0.15, 0.2) is 0 Å². The highest BCUT2D eigenvalue weighted by Gasteiger charge is 2.13. The molecule has 0 unspecified atom stereocenters. The van der Waals surface area contributed by atoms with E-state index < -0.39 is 0 Å². The van der Waals surface area contributed by atoms with Crippen LogP contribution in [0.15, 0.2) is 12.1 Å². The molecule has 0 bridgehead atoms. The molecule has 1 heterocycles. The van der Waals surface area contributed by atoms with Gasteiger partial charge in [0.05, 0.1) is 0 Å². The molecule has 0 radical (unpaired) electrons. The lowest BCUT2D eigenvalue weighted by atomic mass is 9.98. The molecule has 2 rings (SSSR count). The summed E-state index contributed by atoms with van der Waals surface area (Å²) in [6.45, 7) is 9.11. The first-order valence-electron chi connectivity index (χ1n) is 7.06. The fourth-order valence-corrected chi connectivity index (χ4v) is 4.12. The molecule has 1 saturated heterocycles. The second-order valence-corrected chi connectivity index (χ2v) is 6.86. The van der Waals surface area contributed by atoms with Crippen LogP contribution in [0, 0.1) is 20.8 Å². The van der Waals surface area contributed by atoms with Crippen LogP contribution in [-0.2, 0) is 6.42 Å². The van der Waals surface area contributed by atoms with Gasteiger partial charge in [-0.2, -0.15) is 11.8 Å². The third kappa shape index (κ3) is 3.76. The number of hydrogen-bond acceptors (Lipinski definition) is 2. The zero-order valence-electron chi connectivity index (χ0n) is 11.9. The first-order chi connectivity index (χ1) is 8.66. The van der Waals surface area contributed by atoms with E-state index in [0.717, 1.165) is 5.25 Å². The molecule has 0 atom stereocenters. The molecule has 1 fully saturated rings. The molecular formula is C16H25NS. The van der Waals surface area contributed by atoms with Gasteiger partial charge in [0.1, 0.15) is 0 Å². The number of piperidine rings is 1. The van der Waals surface area contributed by atoms with Crippen LogP contribution in [0.25, 0.3) is 0 Å². The van der Waals surface area contributed by atoms with Gasteiger partial charge < -0.3 is 5.32 Å². The predicted molar refractivity (Wildman–Crippen MR) is 82.7 cm³/mol. The monoisotopic (exact) mass is 263 g/mol. The number of rotatable bonds is 4. The van der Waals surface area contributed by atoms with Gasteiger partial charge in [-0.25, -0.2) is 0 Å². The summed E-state index contributed by atoms with van der Waals surface area (Å²) < 4.78 is 0. The van der Waals surface area contributed by atoms with Crippen molar-refractivity contribution in [3.8, 4) is 0 Å². The molecule has 100 valence electrons. The van der Waals surface area contributed by atoms with Gasteiger partial charge in [-0.1, -0.05) is 17.7 Å². The molecule has 1 N–H and O–H groups in total. The van der Waals surface area contributed by atoms with Crippen LogP contribution >= 0.6 is 11.8 Å². The van der Waals surface area contributed by atoms with Crippen molar-refractivity contribution < 1.29 is 0 Å². The average molecular weight is 263 g/mol. The van der Waals surface area contributed by atoms with Crippen LogP contribution in [0.2, 0.25) is 0 Å². The zero-order chi connectivity index (χ0) is 13.0. The van der Waals surface area contributed by atoms with Crippen molar-refractivity contribution in [2.45, 2.75) is 45.3 Å². The maximum absolute atomic E-state index is 3.43. The summed E-state index contributed by atoms with van der Waals surface area (Å²) in [5, 5.41) is 4.32. The lowest BCUT2D eigenvalue weighted by Crippen LogP contribution is -2.29. The van der Waals surface area contributed by atoms with Crippen molar-refractivity contribution in [2.24, 2.45) is 0 Å². The number of nitrogens with one attached hydrogen (secondary N) is 1. The van der Waals surface area contributed by atoms with Crippen molar-refractivity contribution in [3.63, 3.8) is 0 Å². The summed E-state index contributed by atoms with van der Waals surface area (Å²) in [5.41, 5.74) is 5.90. The fourth-order valence-electron chi connectivity index (χ4n) is 2.89. The highest BCUT2D eigenvalue weighted by atomic mass is 32.2. The standard InChI is InChI=1S/C16H25NS/c1-12-10-13(2)16(14(3)11-12)6-9-18-15-4-7-17-8-5-15/h10-11,15,17H,4-9H2,1-3H3. The van der Waals surface area contributed by atoms with E-state index >= 15 is 0 Å². The second kappa shape index (κ2) is 6.63. The van der Waals surface area contributed by atoms with E-state index in [1.807, 2.05) is 0 Å². The smallest absolute Gasteiger partial charge is 0.00713 e. The Morgan fingerprint density at radius 1 is 1.11 bits per heavy atom. The fraction of sp³-hybridized carbons (Fsp3) is 0.625. The van der Waals surface area contributed by atoms with E-state index in [1.54, 1.807) is 5.56 Å². The molecule has 0 aromatic heterocycles. The van der Waals surface area contributed by atoms with Crippen LogP contribution in [0.3, 0.4) is 0 Å². The molecule has 2 heteroatoms. The van der Waals surface area contributed by atoms with Crippen molar-refractivity contribution >= 4 is 11.8 Å². The molecule has 1 aromatic carbocycles. The summed E-state index contributed by atoms with van der Waals surface area (Å²) in [7, 11) is 0. The summed E-state index contributed by atoms with van der Waals surface area (Å²) in [4.78, 5) is 0. The Balaban J connectivity index is 1.86. The van der Waals surface area contributed by atoms with Gasteiger partial charge >= 0.3 is 0 Å². The van der Waals surface area contributed by atoms with Gasteiger partial charge in [-0.05, 0) is 75.6 Å². The Labute approximate surface area is 116 Å². The Bertz CT molecular complexity index is 371. The molecule has 18 heavy (non-hydrogen) atoms. The highest BCUT2D eigenvalue weighted by Crippen LogP contribution is 2.23. The first-order valence-corrected chi connectivity index (χ1v) is 8.10. The van der Waals surface area contributed by atoms with Gasteiger partial charge in [0.25, 0.3) is 0 Å². The minimum atomic E-state index is 0.886. The van der Waals surface area contributed by atoms with Crippen LogP contribution in [0.4, 0.5) is 0 Å². The maximum atomic E-state index is 3.43. The molecule has 0 amide bonds. The number of benzene rings is 1. The van der Waals surface area contributed by atoms with E-state index in [0.29, 0.717) is 0 Å². The van der Waals surface area contributed by atoms with Gasteiger partial charge in [0.2, 0.25) is 0 Å². The van der Waals surface area contributed by atoms with E-state index in [-0.39, 0.29) is 0 Å². The van der Waals surface area contributed by atoms with Crippen molar-refractivity contribution in [1.82, 2.24) is 5.32 Å². The Kier molecular flexibility index (Phi) is 5.13. The molecule has 1 nitrogen and oxygen atoms in total. The SMILES string of the molecule is Cc1cc(C)c(CCSC2CCNCC2)c(C)c1. The summed E-state index contributed by atoms with van der Waals surface area (Å²) >= 11 is 2.17. The quantitative estimate of drug-likeness (QED) is 0.890. The third-order valence-corrected chi connectivity index (χ3v) is 5.21. The molecule has 0 saturated carbocycles. The number of hydrogen-bond donors (Lipinski definition) is 1. The topological polar surface area (TPSA) is 12.0 Å². The lowest BCUT2D eigenvalue weighted by molar-refractivity contribution is 0.531. The van der Waals surface area contributed by atoms with Crippen LogP contribution < -0.4 is 5.32 Å². The molecule has 0 aliphatic carbocycles. The van der Waals surface area contributed by atoms with Crippen molar-refractivity contribution in [1.29, 1.82) is 0 Å². The van der Waals surface area contributed by atoms with Crippen LogP contribution in [0.1, 0.15) is 35.1 Å². The van der Waals surface area contributed by atoms with E-state index in [4.69, 9.17) is 0 Å². The maximum Gasteiger partial charge on any atom is 0.00713 e. The van der Waals surface area contributed by atoms with E-state index in [2.05, 4.69) is 50.0 Å². The van der Waals surface area contributed by atoms with E-state index in [9.17, 15) is 0 Å². The predicted octanol–water partition coefficient (Wildman–Crippen LogP) is 3.64. The molecular weight excluding hydrogens is 238 g/mol. The minimum absolute atomic E-state index is 0.886. The molecule has 1 aromatic rings. The summed E-state index contributed by atoms with van der Waals surface area (Å²) in [6, 6.07) is 4.63. The zero-order valence-corrected chi connectivity index (χ0v) is 12.7. The second-order valence-electron chi connectivity index (χ2n) is 5.45.